The molecular formula is C23H24F2N2O5S. The number of carbonyl (C=O) groups excluding carboxylic acids is 2. The van der Waals surface area contributed by atoms with Gasteiger partial charge in [0.05, 0.1) is 5.75 Å². The average Bonchev–Trinajstić information content (AvgIpc) is 3.56. The van der Waals surface area contributed by atoms with E-state index in [2.05, 4.69) is 0 Å². The van der Waals surface area contributed by atoms with Gasteiger partial charge in [0.15, 0.2) is 0 Å². The van der Waals surface area contributed by atoms with E-state index in [1.54, 1.807) is 52.3 Å². The minimum atomic E-state index is -4.52. The van der Waals surface area contributed by atoms with Gasteiger partial charge in [-0.15, -0.1) is 0 Å². The number of amides is 2. The Morgan fingerprint density at radius 1 is 0.939 bits per heavy atom. The summed E-state index contributed by atoms with van der Waals surface area (Å²) >= 11 is 0. The number of alkyl halides is 2. The van der Waals surface area contributed by atoms with Crippen molar-refractivity contribution in [2.75, 3.05) is 26.2 Å². The Labute approximate surface area is 190 Å². The van der Waals surface area contributed by atoms with E-state index in [-0.39, 0.29) is 17.4 Å². The maximum Gasteiger partial charge on any atom is 0.337 e. The number of carbonyl (C=O) groups is 2. The Morgan fingerprint density at radius 3 is 2.12 bits per heavy atom. The highest BCUT2D eigenvalue weighted by atomic mass is 32.2. The second-order valence-corrected chi connectivity index (χ2v) is 10.4. The van der Waals surface area contributed by atoms with Crippen LogP contribution in [0.5, 0.6) is 0 Å². The van der Waals surface area contributed by atoms with Gasteiger partial charge < -0.3 is 14.9 Å². The number of rotatable bonds is 6. The Hall–Kier alpha value is -2.85. The molecule has 1 aliphatic carbocycles. The van der Waals surface area contributed by atoms with Crippen molar-refractivity contribution < 1.29 is 31.9 Å². The molecule has 0 unspecified atom stereocenters. The Balaban J connectivity index is 1.40. The summed E-state index contributed by atoms with van der Waals surface area (Å²) in [7, 11) is -4.52. The summed E-state index contributed by atoms with van der Waals surface area (Å²) in [6.07, 6.45) is 0.977. The first-order valence-electron chi connectivity index (χ1n) is 10.6. The van der Waals surface area contributed by atoms with Crippen LogP contribution in [0.4, 0.5) is 8.78 Å². The predicted octanol–water partition coefficient (Wildman–Crippen LogP) is 2.30. The molecule has 1 heterocycles. The predicted molar refractivity (Wildman–Crippen MR) is 117 cm³/mol. The molecule has 4 rings (SSSR count). The van der Waals surface area contributed by atoms with Gasteiger partial charge in [-0.1, -0.05) is 36.4 Å². The molecule has 1 saturated heterocycles. The van der Waals surface area contributed by atoms with Gasteiger partial charge in [0.1, 0.15) is 5.60 Å². The van der Waals surface area contributed by atoms with E-state index in [1.165, 1.54) is 6.07 Å². The van der Waals surface area contributed by atoms with Gasteiger partial charge in [0.2, 0.25) is 9.84 Å². The van der Waals surface area contributed by atoms with Crippen LogP contribution in [0.2, 0.25) is 0 Å². The van der Waals surface area contributed by atoms with Gasteiger partial charge in [0, 0.05) is 31.7 Å². The average molecular weight is 479 g/mol. The van der Waals surface area contributed by atoms with Crippen molar-refractivity contribution in [3.63, 3.8) is 0 Å². The second kappa shape index (κ2) is 8.83. The zero-order valence-electron chi connectivity index (χ0n) is 17.8. The van der Waals surface area contributed by atoms with Crippen LogP contribution in [0.1, 0.15) is 28.8 Å². The maximum atomic E-state index is 12.8. The molecule has 2 aromatic carbocycles. The monoisotopic (exact) mass is 478 g/mol. The van der Waals surface area contributed by atoms with Crippen molar-refractivity contribution in [1.29, 1.82) is 0 Å². The van der Waals surface area contributed by atoms with E-state index in [0.29, 0.717) is 50.1 Å². The largest absolute Gasteiger partial charge is 0.380 e. The molecule has 0 aromatic heterocycles. The number of benzene rings is 2. The van der Waals surface area contributed by atoms with Crippen molar-refractivity contribution in [1.82, 2.24) is 9.80 Å². The Bertz CT molecular complexity index is 1160. The van der Waals surface area contributed by atoms with Crippen molar-refractivity contribution in [3.8, 4) is 11.1 Å². The summed E-state index contributed by atoms with van der Waals surface area (Å²) in [4.78, 5) is 28.3. The number of aliphatic hydroxyl groups is 1. The quantitative estimate of drug-likeness (QED) is 0.688. The number of nitrogens with zero attached hydrogens (tertiary/aromatic N) is 2. The number of hydrogen-bond donors (Lipinski definition) is 1. The molecule has 10 heteroatoms. The first-order chi connectivity index (χ1) is 15.6. The summed E-state index contributed by atoms with van der Waals surface area (Å²) in [6, 6.07) is 13.1. The molecule has 2 amide bonds. The molecule has 2 aliphatic rings. The van der Waals surface area contributed by atoms with Crippen molar-refractivity contribution in [3.05, 3.63) is 59.7 Å². The smallest absolute Gasteiger partial charge is 0.337 e. The van der Waals surface area contributed by atoms with Gasteiger partial charge in [0.25, 0.3) is 11.8 Å². The molecule has 2 aromatic rings. The van der Waals surface area contributed by atoms with Crippen molar-refractivity contribution in [2.45, 2.75) is 30.0 Å². The third-order valence-electron chi connectivity index (χ3n) is 6.01. The van der Waals surface area contributed by atoms with Crippen LogP contribution < -0.4 is 0 Å². The molecule has 1 saturated carbocycles. The second-order valence-electron chi connectivity index (χ2n) is 8.46. The van der Waals surface area contributed by atoms with Gasteiger partial charge >= 0.3 is 5.76 Å². The number of sulfone groups is 1. The van der Waals surface area contributed by atoms with Gasteiger partial charge in [-0.25, -0.2) is 8.42 Å². The Kier molecular flexibility index (Phi) is 6.24. The van der Waals surface area contributed by atoms with Crippen LogP contribution in [-0.2, 0) is 20.4 Å². The molecule has 1 N–H and O–H groups in total. The molecule has 2 fully saturated rings. The molecule has 0 spiro atoms. The van der Waals surface area contributed by atoms with E-state index in [1.807, 2.05) is 0 Å². The summed E-state index contributed by atoms with van der Waals surface area (Å²) in [5, 5.41) is 9.98. The molecule has 0 radical (unpaired) electrons. The van der Waals surface area contributed by atoms with Crippen LogP contribution in [0, 0.1) is 0 Å². The number of hydrogen-bond acceptors (Lipinski definition) is 5. The Morgan fingerprint density at radius 2 is 1.55 bits per heavy atom. The summed E-state index contributed by atoms with van der Waals surface area (Å²) in [5.41, 5.74) is 0.896. The molecular weight excluding hydrogens is 454 g/mol. The van der Waals surface area contributed by atoms with E-state index in [0.717, 1.165) is 5.56 Å². The lowest BCUT2D eigenvalue weighted by Gasteiger charge is -2.35. The van der Waals surface area contributed by atoms with Gasteiger partial charge in [-0.2, -0.15) is 8.78 Å². The third kappa shape index (κ3) is 5.06. The molecule has 7 nitrogen and oxygen atoms in total. The molecule has 1 aliphatic heterocycles. The van der Waals surface area contributed by atoms with Crippen LogP contribution in [0.25, 0.3) is 11.1 Å². The highest BCUT2D eigenvalue weighted by molar-refractivity contribution is 7.90. The zero-order chi connectivity index (χ0) is 23.8. The number of piperazine rings is 1. The van der Waals surface area contributed by atoms with E-state index >= 15 is 0 Å². The fraction of sp³-hybridized carbons (Fsp3) is 0.391. The lowest BCUT2D eigenvalue weighted by atomic mass is 10.0. The molecule has 176 valence electrons. The topological polar surface area (TPSA) is 95.0 Å². The fourth-order valence-electron chi connectivity index (χ4n) is 3.86. The lowest BCUT2D eigenvalue weighted by Crippen LogP contribution is -2.53. The lowest BCUT2D eigenvalue weighted by molar-refractivity contribution is -0.143. The fourth-order valence-corrected chi connectivity index (χ4v) is 4.63. The van der Waals surface area contributed by atoms with Crippen molar-refractivity contribution >= 4 is 21.7 Å². The van der Waals surface area contributed by atoms with Gasteiger partial charge in [-0.05, 0) is 41.7 Å². The SMILES string of the molecule is O=C(c1ccc(-c2cccc(CS(=O)(=O)C(F)F)c2)cc1)N1CCN(C(=O)C2(O)CC2)CC1. The normalized spacial score (nSPS) is 17.8. The van der Waals surface area contributed by atoms with E-state index in [9.17, 15) is 31.9 Å². The molecule has 0 atom stereocenters. The summed E-state index contributed by atoms with van der Waals surface area (Å²) < 4.78 is 48.3. The molecule has 0 bridgehead atoms. The van der Waals surface area contributed by atoms with Crippen LogP contribution in [-0.4, -0.2) is 72.7 Å². The zero-order valence-corrected chi connectivity index (χ0v) is 18.6. The first kappa shape index (κ1) is 23.3. The minimum Gasteiger partial charge on any atom is -0.380 e. The first-order valence-corrected chi connectivity index (χ1v) is 12.3. The maximum absolute atomic E-state index is 12.8. The highest BCUT2D eigenvalue weighted by Crippen LogP contribution is 2.37. The van der Waals surface area contributed by atoms with E-state index < -0.39 is 26.9 Å². The van der Waals surface area contributed by atoms with Gasteiger partial charge in [-0.3, -0.25) is 9.59 Å². The number of halogens is 2. The summed E-state index contributed by atoms with van der Waals surface area (Å²) in [6.45, 7) is 1.50. The summed E-state index contributed by atoms with van der Waals surface area (Å²) in [5.74, 6) is -4.61. The highest BCUT2D eigenvalue weighted by Gasteiger charge is 2.50. The van der Waals surface area contributed by atoms with E-state index in [4.69, 9.17) is 0 Å². The standard InChI is InChI=1S/C23H24F2N2O5S/c24-22(25)33(31,32)15-16-2-1-3-19(14-16)17-4-6-18(7-5-17)20(28)26-10-12-27(13-11-26)21(29)23(30)8-9-23/h1-7,14,22,30H,8-13,15H2. The molecule has 33 heavy (non-hydrogen) atoms. The van der Waals surface area contributed by atoms with Crippen molar-refractivity contribution in [2.24, 2.45) is 0 Å². The van der Waals surface area contributed by atoms with Crippen LogP contribution in [0.15, 0.2) is 48.5 Å². The minimum absolute atomic E-state index is 0.171. The third-order valence-corrected chi connectivity index (χ3v) is 7.29. The van der Waals surface area contributed by atoms with Crippen LogP contribution >= 0.6 is 0 Å². The van der Waals surface area contributed by atoms with Crippen LogP contribution in [0.3, 0.4) is 0 Å².